The fraction of sp³-hybridized carbons (Fsp3) is 0.615. The number of allylic oxidation sites excluding steroid dienone is 2. The van der Waals surface area contributed by atoms with E-state index in [1.807, 2.05) is 32.9 Å². The molecule has 0 bridgehead atoms. The first kappa shape index (κ1) is 13.9. The van der Waals surface area contributed by atoms with Crippen LogP contribution in [-0.2, 0) is 9.53 Å². The number of hydrogen-bond donors (Lipinski definition) is 0. The highest BCUT2D eigenvalue weighted by atomic mass is 16.5. The normalized spacial score (nSPS) is 10.9. The van der Waals surface area contributed by atoms with E-state index in [9.17, 15) is 4.79 Å². The molecule has 0 amide bonds. The molecule has 0 spiro atoms. The van der Waals surface area contributed by atoms with Crippen molar-refractivity contribution in [3.8, 4) is 0 Å². The van der Waals surface area contributed by atoms with Crippen molar-refractivity contribution in [1.82, 2.24) is 0 Å². The summed E-state index contributed by atoms with van der Waals surface area (Å²) in [5, 5.41) is 0. The van der Waals surface area contributed by atoms with Gasteiger partial charge >= 0.3 is 5.97 Å². The van der Waals surface area contributed by atoms with E-state index in [4.69, 9.17) is 4.74 Å². The zero-order valence-electron chi connectivity index (χ0n) is 10.1. The van der Waals surface area contributed by atoms with Gasteiger partial charge in [0.15, 0.2) is 0 Å². The van der Waals surface area contributed by atoms with Gasteiger partial charge in [0.1, 0.15) is 6.61 Å². The molecule has 15 heavy (non-hydrogen) atoms. The monoisotopic (exact) mass is 210 g/mol. The summed E-state index contributed by atoms with van der Waals surface area (Å²) in [6, 6.07) is 0. The van der Waals surface area contributed by atoms with E-state index in [0.29, 0.717) is 18.9 Å². The molecule has 0 aliphatic carbocycles. The molecule has 0 fully saturated rings. The number of ether oxygens (including phenoxy) is 1. The van der Waals surface area contributed by atoms with Crippen molar-refractivity contribution in [2.45, 2.75) is 40.0 Å². The zero-order valence-corrected chi connectivity index (χ0v) is 10.1. The predicted molar refractivity (Wildman–Crippen MR) is 63.6 cm³/mol. The van der Waals surface area contributed by atoms with E-state index in [2.05, 4.69) is 6.58 Å². The van der Waals surface area contributed by atoms with Crippen LogP contribution in [0.25, 0.3) is 0 Å². The molecule has 0 aromatic carbocycles. The molecular formula is C13H22O2. The number of carbonyl (C=O) groups excluding carboxylic acids is 1. The molecule has 0 radical (unpaired) electrons. The van der Waals surface area contributed by atoms with Crippen molar-refractivity contribution >= 4 is 5.97 Å². The fourth-order valence-corrected chi connectivity index (χ4v) is 1.05. The summed E-state index contributed by atoms with van der Waals surface area (Å²) in [6.07, 6.45) is 6.38. The Morgan fingerprint density at radius 3 is 2.60 bits per heavy atom. The van der Waals surface area contributed by atoms with Gasteiger partial charge in [0.2, 0.25) is 0 Å². The minimum Gasteiger partial charge on any atom is -0.461 e. The highest BCUT2D eigenvalue weighted by molar-refractivity contribution is 5.69. The van der Waals surface area contributed by atoms with Crippen LogP contribution in [-0.4, -0.2) is 12.6 Å². The summed E-state index contributed by atoms with van der Waals surface area (Å²) in [5.74, 6) is 0.249. The average Bonchev–Trinajstić information content (AvgIpc) is 2.09. The molecule has 0 N–H and O–H groups in total. The number of rotatable bonds is 7. The van der Waals surface area contributed by atoms with Gasteiger partial charge in [0.05, 0.1) is 0 Å². The van der Waals surface area contributed by atoms with Gasteiger partial charge < -0.3 is 4.74 Å². The Morgan fingerprint density at radius 2 is 2.07 bits per heavy atom. The molecule has 0 aliphatic rings. The lowest BCUT2D eigenvalue weighted by Gasteiger charge is -2.03. The Morgan fingerprint density at radius 1 is 1.40 bits per heavy atom. The topological polar surface area (TPSA) is 26.3 Å². The second kappa shape index (κ2) is 8.27. The molecule has 2 heteroatoms. The summed E-state index contributed by atoms with van der Waals surface area (Å²) in [5.41, 5.74) is 1.18. The Balaban J connectivity index is 3.44. The van der Waals surface area contributed by atoms with Gasteiger partial charge in [-0.3, -0.25) is 4.79 Å². The number of hydrogen-bond acceptors (Lipinski definition) is 2. The molecule has 86 valence electrons. The second-order valence-corrected chi connectivity index (χ2v) is 4.25. The van der Waals surface area contributed by atoms with Crippen LogP contribution in [0.3, 0.4) is 0 Å². The van der Waals surface area contributed by atoms with Crippen molar-refractivity contribution in [1.29, 1.82) is 0 Å². The lowest BCUT2D eigenvalue weighted by atomic mass is 10.1. The van der Waals surface area contributed by atoms with Gasteiger partial charge in [0, 0.05) is 6.42 Å². The molecule has 0 saturated heterocycles. The molecule has 0 heterocycles. The lowest BCUT2D eigenvalue weighted by Crippen LogP contribution is -2.07. The molecule has 0 atom stereocenters. The molecule has 0 rings (SSSR count). The highest BCUT2D eigenvalue weighted by Gasteiger charge is 2.03. The van der Waals surface area contributed by atoms with Crippen LogP contribution < -0.4 is 0 Å². The summed E-state index contributed by atoms with van der Waals surface area (Å²) >= 11 is 0. The van der Waals surface area contributed by atoms with Gasteiger partial charge in [-0.1, -0.05) is 31.6 Å². The highest BCUT2D eigenvalue weighted by Crippen LogP contribution is 2.02. The van der Waals surface area contributed by atoms with E-state index in [0.717, 1.165) is 12.8 Å². The first-order valence-electron chi connectivity index (χ1n) is 5.47. The van der Waals surface area contributed by atoms with E-state index in [1.165, 1.54) is 5.57 Å². The smallest absolute Gasteiger partial charge is 0.306 e. The fourth-order valence-electron chi connectivity index (χ4n) is 1.05. The van der Waals surface area contributed by atoms with E-state index < -0.39 is 0 Å². The van der Waals surface area contributed by atoms with Crippen molar-refractivity contribution in [2.75, 3.05) is 6.61 Å². The maximum Gasteiger partial charge on any atom is 0.306 e. The van der Waals surface area contributed by atoms with Gasteiger partial charge in [-0.25, -0.2) is 0 Å². The van der Waals surface area contributed by atoms with Crippen LogP contribution in [0.1, 0.15) is 40.0 Å². The zero-order chi connectivity index (χ0) is 11.7. The van der Waals surface area contributed by atoms with Crippen LogP contribution in [0.4, 0.5) is 0 Å². The number of esters is 1. The van der Waals surface area contributed by atoms with Crippen LogP contribution in [0.5, 0.6) is 0 Å². The standard InChI is InChI=1S/C13H22O2/c1-11(2)8-6-5-7-9-15-13(14)10-12(3)4/h5,7,12H,1,6,8-10H2,2-4H3/b7-5+. The summed E-state index contributed by atoms with van der Waals surface area (Å²) < 4.78 is 5.01. The van der Waals surface area contributed by atoms with Crippen molar-refractivity contribution in [3.63, 3.8) is 0 Å². The number of carbonyl (C=O) groups is 1. The molecule has 2 nitrogen and oxygen atoms in total. The summed E-state index contributed by atoms with van der Waals surface area (Å²) in [4.78, 5) is 11.1. The van der Waals surface area contributed by atoms with E-state index in [1.54, 1.807) is 0 Å². The van der Waals surface area contributed by atoms with Crippen LogP contribution in [0.2, 0.25) is 0 Å². The Kier molecular flexibility index (Phi) is 7.69. The third-order valence-corrected chi connectivity index (χ3v) is 1.82. The molecule has 0 aromatic rings. The van der Waals surface area contributed by atoms with Crippen LogP contribution in [0, 0.1) is 5.92 Å². The molecule has 0 unspecified atom stereocenters. The maximum atomic E-state index is 11.1. The van der Waals surface area contributed by atoms with Crippen molar-refractivity contribution in [2.24, 2.45) is 5.92 Å². The van der Waals surface area contributed by atoms with Crippen LogP contribution >= 0.6 is 0 Å². The first-order valence-corrected chi connectivity index (χ1v) is 5.47. The Bertz CT molecular complexity index is 227. The average molecular weight is 210 g/mol. The minimum atomic E-state index is -0.116. The predicted octanol–water partition coefficient (Wildman–Crippen LogP) is 3.49. The molecule has 0 aromatic heterocycles. The summed E-state index contributed by atoms with van der Waals surface area (Å²) in [6.45, 7) is 10.2. The third-order valence-electron chi connectivity index (χ3n) is 1.82. The molecule has 0 aliphatic heterocycles. The van der Waals surface area contributed by atoms with Gasteiger partial charge in [-0.2, -0.15) is 0 Å². The largest absolute Gasteiger partial charge is 0.461 e. The first-order chi connectivity index (χ1) is 7.02. The van der Waals surface area contributed by atoms with E-state index >= 15 is 0 Å². The second-order valence-electron chi connectivity index (χ2n) is 4.25. The minimum absolute atomic E-state index is 0.116. The lowest BCUT2D eigenvalue weighted by molar-refractivity contribution is -0.143. The summed E-state index contributed by atoms with van der Waals surface area (Å²) in [7, 11) is 0. The van der Waals surface area contributed by atoms with Gasteiger partial charge in [-0.15, -0.1) is 6.58 Å². The van der Waals surface area contributed by atoms with Gasteiger partial charge in [-0.05, 0) is 25.7 Å². The molecular weight excluding hydrogens is 188 g/mol. The van der Waals surface area contributed by atoms with Crippen LogP contribution in [0.15, 0.2) is 24.3 Å². The Hall–Kier alpha value is -1.05. The maximum absolute atomic E-state index is 11.1. The Labute approximate surface area is 93.0 Å². The van der Waals surface area contributed by atoms with Crippen molar-refractivity contribution < 1.29 is 9.53 Å². The van der Waals surface area contributed by atoms with E-state index in [-0.39, 0.29) is 5.97 Å². The van der Waals surface area contributed by atoms with Crippen molar-refractivity contribution in [3.05, 3.63) is 24.3 Å². The SMILES string of the molecule is C=C(C)CC/C=C/COC(=O)CC(C)C. The molecule has 0 saturated carbocycles. The quantitative estimate of drug-likeness (QED) is 0.475. The van der Waals surface area contributed by atoms with Gasteiger partial charge in [0.25, 0.3) is 0 Å². The third kappa shape index (κ3) is 10.9.